The third kappa shape index (κ3) is 5.37. The van der Waals surface area contributed by atoms with Gasteiger partial charge >= 0.3 is 0 Å². The Hall–Kier alpha value is -2.48. The monoisotopic (exact) mass is 484 g/mol. The van der Waals surface area contributed by atoms with Crippen molar-refractivity contribution in [3.8, 4) is 11.4 Å². The Bertz CT molecular complexity index is 1210. The predicted molar refractivity (Wildman–Crippen MR) is 134 cm³/mol. The lowest BCUT2D eigenvalue weighted by molar-refractivity contribution is 0.384. The number of nitrogens with zero attached hydrogens (tertiary/aromatic N) is 4. The zero-order valence-corrected chi connectivity index (χ0v) is 20.6. The van der Waals surface area contributed by atoms with E-state index < -0.39 is 10.0 Å². The first-order valence-electron chi connectivity index (χ1n) is 11.3. The summed E-state index contributed by atoms with van der Waals surface area (Å²) in [5.41, 5.74) is 4.14. The first kappa shape index (κ1) is 23.7. The Kier molecular flexibility index (Phi) is 7.32. The van der Waals surface area contributed by atoms with E-state index in [4.69, 9.17) is 21.6 Å². The lowest BCUT2D eigenvalue weighted by Gasteiger charge is -2.36. The smallest absolute Gasteiger partial charge is 0.213 e. The van der Waals surface area contributed by atoms with Crippen LogP contribution >= 0.6 is 11.6 Å². The Morgan fingerprint density at radius 1 is 0.939 bits per heavy atom. The van der Waals surface area contributed by atoms with E-state index in [2.05, 4.69) is 17.9 Å². The number of halogens is 1. The lowest BCUT2D eigenvalue weighted by atomic mass is 10.0. The molecule has 3 aromatic rings. The van der Waals surface area contributed by atoms with E-state index in [9.17, 15) is 8.42 Å². The minimum absolute atomic E-state index is 0.124. The number of aromatic nitrogens is 2. The number of sulfonamides is 1. The third-order valence-electron chi connectivity index (χ3n) is 6.00. The van der Waals surface area contributed by atoms with Crippen molar-refractivity contribution in [3.63, 3.8) is 0 Å². The van der Waals surface area contributed by atoms with Gasteiger partial charge in [0.15, 0.2) is 5.82 Å². The maximum atomic E-state index is 12.3. The minimum atomic E-state index is -3.20. The normalized spacial score (nSPS) is 15.1. The highest BCUT2D eigenvalue weighted by Crippen LogP contribution is 2.29. The molecule has 0 amide bonds. The van der Waals surface area contributed by atoms with Crippen molar-refractivity contribution in [1.82, 2.24) is 14.3 Å². The molecule has 4 rings (SSSR count). The molecule has 33 heavy (non-hydrogen) atoms. The number of aryl methyl sites for hydroxylation is 1. The molecule has 0 atom stereocenters. The van der Waals surface area contributed by atoms with E-state index in [1.807, 2.05) is 48.5 Å². The van der Waals surface area contributed by atoms with Crippen LogP contribution in [0.2, 0.25) is 5.02 Å². The van der Waals surface area contributed by atoms with E-state index in [0.717, 1.165) is 34.6 Å². The maximum absolute atomic E-state index is 12.3. The molecule has 1 aliphatic heterocycles. The first-order chi connectivity index (χ1) is 15.9. The standard InChI is InChI=1S/C25H29ClN4O2S/c1-3-23-22(18-19-9-8-12-21(26)17-19)25(28-24(27-23)20-10-6-5-7-11-20)29-13-15-30(16-14-29)33(31,32)4-2/h5-12,17H,3-4,13-16,18H2,1-2H3. The fourth-order valence-electron chi connectivity index (χ4n) is 4.18. The van der Waals surface area contributed by atoms with Crippen LogP contribution in [0.1, 0.15) is 30.7 Å². The second-order valence-corrected chi connectivity index (χ2v) is 10.8. The van der Waals surface area contributed by atoms with Gasteiger partial charge in [-0.05, 0) is 31.0 Å². The number of anilines is 1. The molecular weight excluding hydrogens is 456 g/mol. The predicted octanol–water partition coefficient (Wildman–Crippen LogP) is 4.42. The quantitative estimate of drug-likeness (QED) is 0.496. The van der Waals surface area contributed by atoms with Crippen LogP contribution in [0.4, 0.5) is 5.82 Å². The fraction of sp³-hybridized carbons (Fsp3) is 0.360. The summed E-state index contributed by atoms with van der Waals surface area (Å²) in [6.45, 7) is 5.90. The largest absolute Gasteiger partial charge is 0.354 e. The van der Waals surface area contributed by atoms with Crippen LogP contribution in [-0.4, -0.2) is 54.6 Å². The Balaban J connectivity index is 1.75. The van der Waals surface area contributed by atoms with Gasteiger partial charge in [0, 0.05) is 54.4 Å². The summed E-state index contributed by atoms with van der Waals surface area (Å²) in [6.07, 6.45) is 1.44. The van der Waals surface area contributed by atoms with Crippen molar-refractivity contribution in [2.24, 2.45) is 0 Å². The lowest BCUT2D eigenvalue weighted by Crippen LogP contribution is -2.49. The van der Waals surface area contributed by atoms with Gasteiger partial charge in [-0.15, -0.1) is 0 Å². The molecule has 1 fully saturated rings. The summed E-state index contributed by atoms with van der Waals surface area (Å²) in [7, 11) is -3.20. The Morgan fingerprint density at radius 3 is 2.30 bits per heavy atom. The zero-order chi connectivity index (χ0) is 23.4. The first-order valence-corrected chi connectivity index (χ1v) is 13.3. The van der Waals surface area contributed by atoms with Gasteiger partial charge in [-0.25, -0.2) is 18.4 Å². The van der Waals surface area contributed by atoms with E-state index in [1.165, 1.54) is 0 Å². The number of hydrogen-bond donors (Lipinski definition) is 0. The maximum Gasteiger partial charge on any atom is 0.213 e. The zero-order valence-electron chi connectivity index (χ0n) is 19.0. The molecule has 0 N–H and O–H groups in total. The Morgan fingerprint density at radius 2 is 1.67 bits per heavy atom. The van der Waals surface area contributed by atoms with Crippen molar-refractivity contribution in [2.45, 2.75) is 26.7 Å². The van der Waals surface area contributed by atoms with Crippen molar-refractivity contribution in [1.29, 1.82) is 0 Å². The van der Waals surface area contributed by atoms with E-state index >= 15 is 0 Å². The van der Waals surface area contributed by atoms with Crippen molar-refractivity contribution >= 4 is 27.4 Å². The highest BCUT2D eigenvalue weighted by molar-refractivity contribution is 7.89. The SMILES string of the molecule is CCc1nc(-c2ccccc2)nc(N2CCN(S(=O)(=O)CC)CC2)c1Cc1cccc(Cl)c1. The van der Waals surface area contributed by atoms with Gasteiger partial charge in [0.2, 0.25) is 10.0 Å². The summed E-state index contributed by atoms with van der Waals surface area (Å²) >= 11 is 6.25. The molecule has 174 valence electrons. The van der Waals surface area contributed by atoms with Gasteiger partial charge in [0.1, 0.15) is 5.82 Å². The fourth-order valence-corrected chi connectivity index (χ4v) is 5.48. The molecule has 0 spiro atoms. The molecule has 0 unspecified atom stereocenters. The van der Waals surface area contributed by atoms with E-state index in [-0.39, 0.29) is 5.75 Å². The van der Waals surface area contributed by atoms with Gasteiger partial charge in [-0.1, -0.05) is 61.0 Å². The molecular formula is C25H29ClN4O2S. The highest BCUT2D eigenvalue weighted by atomic mass is 35.5. The van der Waals surface area contributed by atoms with Gasteiger partial charge < -0.3 is 4.90 Å². The van der Waals surface area contributed by atoms with E-state index in [1.54, 1.807) is 11.2 Å². The van der Waals surface area contributed by atoms with Crippen LogP contribution in [0.3, 0.4) is 0 Å². The molecule has 8 heteroatoms. The molecule has 2 heterocycles. The molecule has 1 aromatic heterocycles. The highest BCUT2D eigenvalue weighted by Gasteiger charge is 2.28. The molecule has 2 aromatic carbocycles. The van der Waals surface area contributed by atoms with Gasteiger partial charge in [0.25, 0.3) is 0 Å². The molecule has 6 nitrogen and oxygen atoms in total. The van der Waals surface area contributed by atoms with Crippen LogP contribution in [0, 0.1) is 0 Å². The van der Waals surface area contributed by atoms with Crippen LogP contribution in [0.25, 0.3) is 11.4 Å². The van der Waals surface area contributed by atoms with Crippen LogP contribution < -0.4 is 4.90 Å². The summed E-state index contributed by atoms with van der Waals surface area (Å²) in [5, 5.41) is 0.701. The Labute approximate surface area is 201 Å². The van der Waals surface area contributed by atoms with Gasteiger partial charge in [-0.2, -0.15) is 4.31 Å². The van der Waals surface area contributed by atoms with E-state index in [0.29, 0.717) is 43.4 Å². The topological polar surface area (TPSA) is 66.4 Å². The van der Waals surface area contributed by atoms with Crippen LogP contribution in [-0.2, 0) is 22.9 Å². The number of rotatable bonds is 7. The molecule has 0 radical (unpaired) electrons. The number of benzene rings is 2. The summed E-state index contributed by atoms with van der Waals surface area (Å²) < 4.78 is 26.3. The molecule has 1 aliphatic rings. The van der Waals surface area contributed by atoms with Gasteiger partial charge in [0.05, 0.1) is 5.75 Å². The van der Waals surface area contributed by atoms with Crippen molar-refractivity contribution in [2.75, 3.05) is 36.8 Å². The average Bonchev–Trinajstić information content (AvgIpc) is 2.84. The molecule has 0 saturated carbocycles. The number of piperazine rings is 1. The van der Waals surface area contributed by atoms with Crippen LogP contribution in [0.5, 0.6) is 0 Å². The average molecular weight is 485 g/mol. The van der Waals surface area contributed by atoms with Crippen molar-refractivity contribution in [3.05, 3.63) is 76.4 Å². The molecule has 0 aliphatic carbocycles. The van der Waals surface area contributed by atoms with Gasteiger partial charge in [-0.3, -0.25) is 0 Å². The summed E-state index contributed by atoms with van der Waals surface area (Å²) in [4.78, 5) is 12.1. The third-order valence-corrected chi connectivity index (χ3v) is 8.12. The summed E-state index contributed by atoms with van der Waals surface area (Å²) in [5.74, 6) is 1.70. The van der Waals surface area contributed by atoms with Crippen LogP contribution in [0.15, 0.2) is 54.6 Å². The molecule has 0 bridgehead atoms. The summed E-state index contributed by atoms with van der Waals surface area (Å²) in [6, 6.07) is 17.8. The van der Waals surface area contributed by atoms with Crippen molar-refractivity contribution < 1.29 is 8.42 Å². The number of hydrogen-bond acceptors (Lipinski definition) is 5. The molecule has 1 saturated heterocycles. The second kappa shape index (κ2) is 10.2. The minimum Gasteiger partial charge on any atom is -0.354 e. The second-order valence-electron chi connectivity index (χ2n) is 8.11.